The molecule has 9 atom stereocenters. The SMILES string of the molecule is C[C@]12CCC(=O)C=C1C=CC1C2[C@H](O)C[C@@]2(C)C1[C@@H]1CC1[C@@]21CCC(=O)O1. The third kappa shape index (κ3) is 1.75. The molecule has 1 aliphatic heterocycles. The monoisotopic (exact) mass is 368 g/mol. The topological polar surface area (TPSA) is 63.6 Å². The summed E-state index contributed by atoms with van der Waals surface area (Å²) in [7, 11) is 0. The van der Waals surface area contributed by atoms with Crippen molar-refractivity contribution < 1.29 is 19.4 Å². The molecule has 144 valence electrons. The van der Waals surface area contributed by atoms with Gasteiger partial charge in [-0.05, 0) is 60.5 Å². The van der Waals surface area contributed by atoms with Crippen LogP contribution in [-0.4, -0.2) is 28.6 Å². The molecule has 5 aliphatic carbocycles. The number of rotatable bonds is 0. The smallest absolute Gasteiger partial charge is 0.306 e. The second-order valence-electron chi connectivity index (χ2n) is 10.5. The van der Waals surface area contributed by atoms with E-state index in [0.29, 0.717) is 42.9 Å². The van der Waals surface area contributed by atoms with Crippen LogP contribution in [0, 0.1) is 40.4 Å². The van der Waals surface area contributed by atoms with Crippen LogP contribution in [0.25, 0.3) is 0 Å². The van der Waals surface area contributed by atoms with Crippen LogP contribution >= 0.6 is 0 Å². The lowest BCUT2D eigenvalue weighted by molar-refractivity contribution is -0.187. The zero-order valence-electron chi connectivity index (χ0n) is 16.1. The molecule has 1 spiro atoms. The minimum absolute atomic E-state index is 0.0544. The number of hydrogen-bond donors (Lipinski definition) is 1. The number of fused-ring (bicyclic) bond motifs is 9. The van der Waals surface area contributed by atoms with E-state index in [1.807, 2.05) is 6.08 Å². The first-order valence-electron chi connectivity index (χ1n) is 10.6. The van der Waals surface area contributed by atoms with Crippen molar-refractivity contribution in [3.8, 4) is 0 Å². The highest BCUT2D eigenvalue weighted by atomic mass is 16.6. The molecule has 4 nitrogen and oxygen atoms in total. The summed E-state index contributed by atoms with van der Waals surface area (Å²) in [5.41, 5.74) is 0.494. The highest BCUT2D eigenvalue weighted by Gasteiger charge is 2.79. The third-order valence-corrected chi connectivity index (χ3v) is 9.58. The summed E-state index contributed by atoms with van der Waals surface area (Å²) >= 11 is 0. The van der Waals surface area contributed by atoms with Crippen molar-refractivity contribution in [3.63, 3.8) is 0 Å². The standard InChI is InChI=1S/C23H28O4/c1-21-7-5-13(24)9-12(21)3-4-14-19-15-10-16(15)23(8-6-18(26)27-23)22(19,2)11-17(25)20(14)21/h3-4,9,14-17,19-20,25H,5-8,10-11H2,1-2H3/t14?,15-,16?,17-,19?,20?,21+,22+,23+/m1/s1. The fourth-order valence-corrected chi connectivity index (χ4v) is 8.48. The quantitative estimate of drug-likeness (QED) is 0.667. The number of hydrogen-bond acceptors (Lipinski definition) is 4. The van der Waals surface area contributed by atoms with Crippen LogP contribution in [0.15, 0.2) is 23.8 Å². The molecule has 1 saturated heterocycles. The zero-order chi connectivity index (χ0) is 18.8. The van der Waals surface area contributed by atoms with Crippen molar-refractivity contribution in [2.75, 3.05) is 0 Å². The maximum absolute atomic E-state index is 12.1. The number of allylic oxidation sites excluding steroid dienone is 4. The maximum Gasteiger partial charge on any atom is 0.306 e. The van der Waals surface area contributed by atoms with Crippen LogP contribution in [0.3, 0.4) is 0 Å². The van der Waals surface area contributed by atoms with Crippen molar-refractivity contribution in [1.29, 1.82) is 0 Å². The van der Waals surface area contributed by atoms with E-state index in [4.69, 9.17) is 4.74 Å². The molecular weight excluding hydrogens is 340 g/mol. The lowest BCUT2D eigenvalue weighted by Gasteiger charge is -2.60. The molecule has 0 bridgehead atoms. The first kappa shape index (κ1) is 16.5. The average molecular weight is 368 g/mol. The number of carbonyl (C=O) groups excluding carboxylic acids is 2. The van der Waals surface area contributed by atoms with Gasteiger partial charge in [0.2, 0.25) is 0 Å². The second-order valence-corrected chi connectivity index (χ2v) is 10.5. The largest absolute Gasteiger partial charge is 0.458 e. The molecule has 0 radical (unpaired) electrons. The second kappa shape index (κ2) is 4.76. The van der Waals surface area contributed by atoms with Gasteiger partial charge >= 0.3 is 5.97 Å². The number of ether oxygens (including phenoxy) is 1. The van der Waals surface area contributed by atoms with Crippen LogP contribution < -0.4 is 0 Å². The van der Waals surface area contributed by atoms with Gasteiger partial charge in [0.25, 0.3) is 0 Å². The van der Waals surface area contributed by atoms with Crippen molar-refractivity contribution in [3.05, 3.63) is 23.8 Å². The Morgan fingerprint density at radius 2 is 1.96 bits per heavy atom. The molecule has 6 aliphatic rings. The molecular formula is C23H28O4. The Morgan fingerprint density at radius 1 is 1.15 bits per heavy atom. The Balaban J connectivity index is 1.47. The van der Waals surface area contributed by atoms with Gasteiger partial charge < -0.3 is 9.84 Å². The van der Waals surface area contributed by atoms with Crippen LogP contribution in [0.2, 0.25) is 0 Å². The molecule has 27 heavy (non-hydrogen) atoms. The van der Waals surface area contributed by atoms with E-state index in [0.717, 1.165) is 18.4 Å². The molecule has 4 heteroatoms. The van der Waals surface area contributed by atoms with Gasteiger partial charge in [0.1, 0.15) is 5.60 Å². The minimum Gasteiger partial charge on any atom is -0.458 e. The van der Waals surface area contributed by atoms with Gasteiger partial charge in [-0.25, -0.2) is 0 Å². The maximum atomic E-state index is 12.1. The van der Waals surface area contributed by atoms with Gasteiger partial charge in [0, 0.05) is 30.1 Å². The van der Waals surface area contributed by atoms with E-state index < -0.39 is 6.10 Å². The fraction of sp³-hybridized carbons (Fsp3) is 0.739. The number of ketones is 1. The molecule has 0 aromatic carbocycles. The van der Waals surface area contributed by atoms with Crippen molar-refractivity contribution >= 4 is 11.8 Å². The Bertz CT molecular complexity index is 826. The first-order valence-corrected chi connectivity index (χ1v) is 10.6. The predicted octanol–water partition coefficient (Wildman–Crippen LogP) is 3.20. The summed E-state index contributed by atoms with van der Waals surface area (Å²) in [4.78, 5) is 24.1. The number of esters is 1. The van der Waals surface area contributed by atoms with Crippen molar-refractivity contribution in [2.24, 2.45) is 40.4 Å². The number of aliphatic hydroxyl groups excluding tert-OH is 1. The summed E-state index contributed by atoms with van der Waals surface area (Å²) in [6.07, 6.45) is 10.5. The van der Waals surface area contributed by atoms with E-state index in [2.05, 4.69) is 26.0 Å². The molecule has 6 rings (SSSR count). The van der Waals surface area contributed by atoms with E-state index in [9.17, 15) is 14.7 Å². The lowest BCUT2D eigenvalue weighted by atomic mass is 9.46. The van der Waals surface area contributed by atoms with Crippen LogP contribution in [0.1, 0.15) is 52.4 Å². The minimum atomic E-state index is -0.420. The van der Waals surface area contributed by atoms with Gasteiger partial charge in [-0.1, -0.05) is 26.0 Å². The summed E-state index contributed by atoms with van der Waals surface area (Å²) in [6, 6.07) is 0. The van der Waals surface area contributed by atoms with E-state index >= 15 is 0 Å². The Hall–Kier alpha value is -1.42. The third-order valence-electron chi connectivity index (χ3n) is 9.58. The highest BCUT2D eigenvalue weighted by molar-refractivity contribution is 5.92. The molecule has 4 fully saturated rings. The van der Waals surface area contributed by atoms with Crippen molar-refractivity contribution in [1.82, 2.24) is 0 Å². The van der Waals surface area contributed by atoms with Gasteiger partial charge in [-0.3, -0.25) is 9.59 Å². The molecule has 4 unspecified atom stereocenters. The molecule has 0 aromatic heterocycles. The number of carbonyl (C=O) groups is 2. The molecule has 3 saturated carbocycles. The summed E-state index contributed by atoms with van der Waals surface area (Å²) < 4.78 is 6.08. The Morgan fingerprint density at radius 3 is 2.70 bits per heavy atom. The van der Waals surface area contributed by atoms with E-state index in [1.165, 1.54) is 6.42 Å². The summed E-state index contributed by atoms with van der Waals surface area (Å²) in [5.74, 6) is 2.19. The van der Waals surface area contributed by atoms with Crippen LogP contribution in [0.4, 0.5) is 0 Å². The van der Waals surface area contributed by atoms with Gasteiger partial charge in [0.15, 0.2) is 5.78 Å². The summed E-state index contributed by atoms with van der Waals surface area (Å²) in [5, 5.41) is 11.4. The van der Waals surface area contributed by atoms with Crippen LogP contribution in [-0.2, 0) is 14.3 Å². The molecule has 1 heterocycles. The van der Waals surface area contributed by atoms with Gasteiger partial charge in [-0.15, -0.1) is 0 Å². The van der Waals surface area contributed by atoms with Gasteiger partial charge in [0.05, 0.1) is 6.10 Å². The Labute approximate surface area is 160 Å². The van der Waals surface area contributed by atoms with Gasteiger partial charge in [-0.2, -0.15) is 0 Å². The molecule has 0 amide bonds. The number of aliphatic hydroxyl groups is 1. The highest BCUT2D eigenvalue weighted by Crippen LogP contribution is 2.78. The summed E-state index contributed by atoms with van der Waals surface area (Å²) in [6.45, 7) is 4.54. The van der Waals surface area contributed by atoms with Crippen molar-refractivity contribution in [2.45, 2.75) is 64.1 Å². The molecule has 1 N–H and O–H groups in total. The predicted molar refractivity (Wildman–Crippen MR) is 98.4 cm³/mol. The fourth-order valence-electron chi connectivity index (χ4n) is 8.48. The lowest BCUT2D eigenvalue weighted by Crippen LogP contribution is -2.60. The molecule has 0 aromatic rings. The van der Waals surface area contributed by atoms with Crippen LogP contribution in [0.5, 0.6) is 0 Å². The average Bonchev–Trinajstić information content (AvgIpc) is 3.24. The van der Waals surface area contributed by atoms with E-state index in [-0.39, 0.29) is 34.1 Å². The van der Waals surface area contributed by atoms with E-state index in [1.54, 1.807) is 0 Å². The normalized spacial score (nSPS) is 57.5. The zero-order valence-corrected chi connectivity index (χ0v) is 16.1. The first-order chi connectivity index (χ1) is 12.8. The Kier molecular flexibility index (Phi) is 2.91.